The lowest BCUT2D eigenvalue weighted by atomic mass is 10.2. The number of nitriles is 1. The molecule has 172 valence electrons. The molecule has 1 aromatic carbocycles. The largest absolute Gasteiger partial charge is 0.411 e. The number of rotatable bonds is 9. The van der Waals surface area contributed by atoms with Gasteiger partial charge in [-0.3, -0.25) is 9.69 Å². The fourth-order valence-corrected chi connectivity index (χ4v) is 4.18. The van der Waals surface area contributed by atoms with Gasteiger partial charge in [-0.2, -0.15) is 22.7 Å². The van der Waals surface area contributed by atoms with Crippen molar-refractivity contribution in [2.75, 3.05) is 59.5 Å². The molecule has 0 radical (unpaired) electrons. The van der Waals surface area contributed by atoms with E-state index in [0.29, 0.717) is 44.7 Å². The summed E-state index contributed by atoms with van der Waals surface area (Å²) >= 11 is 0. The minimum absolute atomic E-state index is 0.000591. The van der Waals surface area contributed by atoms with E-state index in [1.165, 1.54) is 31.3 Å². The molecular formula is C19H25F3N4O4S. The van der Waals surface area contributed by atoms with Crippen LogP contribution >= 0.6 is 0 Å². The highest BCUT2D eigenvalue weighted by Gasteiger charge is 2.28. The van der Waals surface area contributed by atoms with Crippen LogP contribution in [0.4, 0.5) is 13.2 Å². The topological polar surface area (TPSA) is 94.0 Å². The van der Waals surface area contributed by atoms with Crippen molar-refractivity contribution >= 4 is 15.9 Å². The molecule has 0 aliphatic carbocycles. The van der Waals surface area contributed by atoms with Crippen molar-refractivity contribution in [3.63, 3.8) is 0 Å². The molecule has 1 saturated heterocycles. The molecule has 31 heavy (non-hydrogen) atoms. The Morgan fingerprint density at radius 1 is 1.19 bits per heavy atom. The average molecular weight is 462 g/mol. The molecule has 12 heteroatoms. The highest BCUT2D eigenvalue weighted by molar-refractivity contribution is 7.89. The molecule has 0 saturated carbocycles. The third-order valence-corrected chi connectivity index (χ3v) is 6.62. The summed E-state index contributed by atoms with van der Waals surface area (Å²) < 4.78 is 66.9. The van der Waals surface area contributed by atoms with Crippen LogP contribution in [0.1, 0.15) is 12.0 Å². The second kappa shape index (κ2) is 10.9. The predicted molar refractivity (Wildman–Crippen MR) is 105 cm³/mol. The number of sulfonamides is 1. The van der Waals surface area contributed by atoms with Crippen molar-refractivity contribution in [3.05, 3.63) is 29.8 Å². The van der Waals surface area contributed by atoms with Gasteiger partial charge in [0.25, 0.3) is 0 Å². The van der Waals surface area contributed by atoms with Crippen LogP contribution in [0, 0.1) is 11.3 Å². The highest BCUT2D eigenvalue weighted by Crippen LogP contribution is 2.16. The van der Waals surface area contributed by atoms with Gasteiger partial charge in [-0.15, -0.1) is 0 Å². The van der Waals surface area contributed by atoms with Gasteiger partial charge in [0.1, 0.15) is 6.61 Å². The molecule has 0 N–H and O–H groups in total. The van der Waals surface area contributed by atoms with Crippen LogP contribution in [-0.4, -0.2) is 94.1 Å². The molecule has 1 aromatic rings. The van der Waals surface area contributed by atoms with Gasteiger partial charge in [0.05, 0.1) is 23.1 Å². The molecule has 0 aromatic heterocycles. The number of carbonyl (C=O) groups excluding carboxylic acids is 1. The monoisotopic (exact) mass is 462 g/mol. The van der Waals surface area contributed by atoms with E-state index in [2.05, 4.69) is 4.74 Å². The second-order valence-corrected chi connectivity index (χ2v) is 9.19. The summed E-state index contributed by atoms with van der Waals surface area (Å²) in [5.41, 5.74) is 0.336. The first-order valence-electron chi connectivity index (χ1n) is 9.64. The first kappa shape index (κ1) is 25.1. The summed E-state index contributed by atoms with van der Waals surface area (Å²) in [6, 6.07) is 7.36. The van der Waals surface area contributed by atoms with E-state index >= 15 is 0 Å². The summed E-state index contributed by atoms with van der Waals surface area (Å²) in [6.07, 6.45) is -3.87. The number of likely N-dealkylation sites (N-methyl/N-ethyl adjacent to an activating group) is 1. The van der Waals surface area contributed by atoms with E-state index < -0.39 is 22.8 Å². The van der Waals surface area contributed by atoms with Gasteiger partial charge in [-0.25, -0.2) is 8.42 Å². The van der Waals surface area contributed by atoms with Crippen molar-refractivity contribution < 1.29 is 31.1 Å². The quantitative estimate of drug-likeness (QED) is 0.514. The minimum atomic E-state index is -4.33. The normalized spacial score (nSPS) is 15.8. The number of benzene rings is 1. The number of halogens is 3. The van der Waals surface area contributed by atoms with Crippen LogP contribution in [0.3, 0.4) is 0 Å². The van der Waals surface area contributed by atoms with Crippen molar-refractivity contribution in [2.24, 2.45) is 0 Å². The fourth-order valence-electron chi connectivity index (χ4n) is 3.06. The van der Waals surface area contributed by atoms with Gasteiger partial charge in [0.15, 0.2) is 0 Å². The molecule has 8 nitrogen and oxygen atoms in total. The van der Waals surface area contributed by atoms with Crippen molar-refractivity contribution in [1.29, 1.82) is 5.26 Å². The van der Waals surface area contributed by atoms with Crippen molar-refractivity contribution in [1.82, 2.24) is 14.1 Å². The summed E-state index contributed by atoms with van der Waals surface area (Å²) in [7, 11) is -2.54. The Hall–Kier alpha value is -2.20. The maximum absolute atomic E-state index is 12.6. The average Bonchev–Trinajstić information content (AvgIpc) is 2.73. The molecule has 0 unspecified atom stereocenters. The van der Waals surface area contributed by atoms with Crippen LogP contribution in [0.5, 0.6) is 0 Å². The highest BCUT2D eigenvalue weighted by atomic mass is 32.2. The molecule has 0 bridgehead atoms. The molecule has 1 amide bonds. The van der Waals surface area contributed by atoms with Gasteiger partial charge >= 0.3 is 6.18 Å². The SMILES string of the molecule is CN(CC(=O)N1CCN(CCCOCC(F)(F)F)CC1)S(=O)(=O)c1ccc(C#N)cc1. The lowest BCUT2D eigenvalue weighted by Crippen LogP contribution is -2.51. The van der Waals surface area contributed by atoms with E-state index in [1.54, 1.807) is 4.90 Å². The number of carbonyl (C=O) groups is 1. The molecule has 1 aliphatic heterocycles. The minimum Gasteiger partial charge on any atom is -0.372 e. The number of nitrogens with zero attached hydrogens (tertiary/aromatic N) is 4. The molecule has 2 rings (SSSR count). The third kappa shape index (κ3) is 7.77. The van der Waals surface area contributed by atoms with Gasteiger partial charge in [-0.1, -0.05) is 0 Å². The van der Waals surface area contributed by atoms with Crippen molar-refractivity contribution in [3.8, 4) is 6.07 Å². The first-order chi connectivity index (χ1) is 14.5. The van der Waals surface area contributed by atoms with E-state index in [1.807, 2.05) is 11.0 Å². The fraction of sp³-hybridized carbons (Fsp3) is 0.579. The Bertz CT molecular complexity index is 877. The standard InChI is InChI=1S/C19H25F3N4O4S/c1-24(31(28,29)17-5-3-16(13-23)4-6-17)14-18(27)26-10-8-25(9-11-26)7-2-12-30-15-19(20,21)22/h3-6H,2,7-12,14-15H2,1H3. The van der Waals surface area contributed by atoms with Gasteiger partial charge in [-0.05, 0) is 30.7 Å². The number of piperazine rings is 1. The first-order valence-corrected chi connectivity index (χ1v) is 11.1. The van der Waals surface area contributed by atoms with Crippen LogP contribution in [-0.2, 0) is 19.6 Å². The summed E-state index contributed by atoms with van der Waals surface area (Å²) in [5.74, 6) is -0.326. The predicted octanol–water partition coefficient (Wildman–Crippen LogP) is 1.29. The Kier molecular flexibility index (Phi) is 8.81. The molecular weight excluding hydrogens is 437 g/mol. The molecule has 0 atom stereocenters. The molecule has 1 fully saturated rings. The van der Waals surface area contributed by atoms with E-state index in [9.17, 15) is 26.4 Å². The van der Waals surface area contributed by atoms with E-state index in [0.717, 1.165) is 4.31 Å². The summed E-state index contributed by atoms with van der Waals surface area (Å²) in [4.78, 5) is 16.1. The van der Waals surface area contributed by atoms with Crippen molar-refractivity contribution in [2.45, 2.75) is 17.5 Å². The lowest BCUT2D eigenvalue weighted by molar-refractivity contribution is -0.174. The van der Waals surface area contributed by atoms with Gasteiger partial charge in [0.2, 0.25) is 15.9 Å². The maximum Gasteiger partial charge on any atom is 0.411 e. The molecule has 1 heterocycles. The van der Waals surface area contributed by atoms with Crippen LogP contribution in [0.15, 0.2) is 29.2 Å². The summed E-state index contributed by atoms with van der Waals surface area (Å²) in [6.45, 7) is 0.930. The third-order valence-electron chi connectivity index (χ3n) is 4.80. The zero-order chi connectivity index (χ0) is 23.1. The Labute approximate surface area is 179 Å². The smallest absolute Gasteiger partial charge is 0.372 e. The Morgan fingerprint density at radius 2 is 1.81 bits per heavy atom. The van der Waals surface area contributed by atoms with Crippen LogP contribution in [0.25, 0.3) is 0 Å². The zero-order valence-electron chi connectivity index (χ0n) is 17.1. The van der Waals surface area contributed by atoms with Gasteiger partial charge < -0.3 is 9.64 Å². The Balaban J connectivity index is 1.76. The number of hydrogen-bond donors (Lipinski definition) is 0. The Morgan fingerprint density at radius 3 is 2.35 bits per heavy atom. The maximum atomic E-state index is 12.6. The summed E-state index contributed by atoms with van der Waals surface area (Å²) in [5, 5.41) is 8.81. The number of hydrogen-bond acceptors (Lipinski definition) is 6. The van der Waals surface area contributed by atoms with Gasteiger partial charge in [0, 0.05) is 46.4 Å². The second-order valence-electron chi connectivity index (χ2n) is 7.14. The van der Waals surface area contributed by atoms with E-state index in [-0.39, 0.29) is 24.0 Å². The number of ether oxygens (including phenoxy) is 1. The molecule has 0 spiro atoms. The van der Waals surface area contributed by atoms with Crippen LogP contribution in [0.2, 0.25) is 0 Å². The van der Waals surface area contributed by atoms with E-state index in [4.69, 9.17) is 5.26 Å². The number of amides is 1. The lowest BCUT2D eigenvalue weighted by Gasteiger charge is -2.35. The zero-order valence-corrected chi connectivity index (χ0v) is 18.0. The van der Waals surface area contributed by atoms with Crippen LogP contribution < -0.4 is 0 Å². The molecule has 1 aliphatic rings. The number of alkyl halides is 3.